The Kier molecular flexibility index (Phi) is 5.18. The second-order valence-electron chi connectivity index (χ2n) is 4.93. The fraction of sp³-hybridized carbons (Fsp3) is 0.400. The third kappa shape index (κ3) is 3.65. The number of sulfonamides is 1. The van der Waals surface area contributed by atoms with Crippen LogP contribution in [0.2, 0.25) is 0 Å². The van der Waals surface area contributed by atoms with E-state index in [0.29, 0.717) is 19.3 Å². The number of ether oxygens (including phenoxy) is 1. The highest BCUT2D eigenvalue weighted by Crippen LogP contribution is 2.28. The topological polar surface area (TPSA) is 72.5 Å². The number of halogens is 1. The van der Waals surface area contributed by atoms with Crippen molar-refractivity contribution in [1.29, 1.82) is 0 Å². The molecule has 1 aliphatic carbocycles. The molecule has 22 heavy (non-hydrogen) atoms. The molecule has 1 aromatic rings. The Bertz CT molecular complexity index is 685. The van der Waals surface area contributed by atoms with E-state index in [1.54, 1.807) is 13.0 Å². The highest BCUT2D eigenvalue weighted by molar-refractivity contribution is 7.93. The van der Waals surface area contributed by atoms with Gasteiger partial charge in [-0.25, -0.2) is 17.6 Å². The molecule has 0 heterocycles. The molecule has 0 amide bonds. The minimum atomic E-state index is -3.93. The number of allylic oxidation sites excluding steroid dienone is 1. The van der Waals surface area contributed by atoms with Crippen molar-refractivity contribution in [3.05, 3.63) is 41.7 Å². The van der Waals surface area contributed by atoms with E-state index < -0.39 is 27.1 Å². The van der Waals surface area contributed by atoms with Crippen molar-refractivity contribution in [2.45, 2.75) is 31.4 Å². The lowest BCUT2D eigenvalue weighted by Crippen LogP contribution is -2.34. The van der Waals surface area contributed by atoms with Crippen molar-refractivity contribution in [3.8, 4) is 0 Å². The average molecular weight is 327 g/mol. The standard InChI is InChI=1S/C15H18FNO4S/c1-2-21-15(18)11-7-3-6-10-14(11)22(19,20)17-13-9-5-4-8-12(13)16/h4-5,7-9,14,17H,2-3,6,10H2,1H3. The molecule has 0 radical (unpaired) electrons. The van der Waals surface area contributed by atoms with Gasteiger partial charge in [-0.2, -0.15) is 0 Å². The number of benzene rings is 1. The molecule has 5 nitrogen and oxygen atoms in total. The van der Waals surface area contributed by atoms with Gasteiger partial charge in [0.2, 0.25) is 10.0 Å². The van der Waals surface area contributed by atoms with Crippen LogP contribution < -0.4 is 4.72 Å². The van der Waals surface area contributed by atoms with Crippen LogP contribution in [0.15, 0.2) is 35.9 Å². The van der Waals surface area contributed by atoms with Crippen LogP contribution in [0.4, 0.5) is 10.1 Å². The third-order valence-corrected chi connectivity index (χ3v) is 5.14. The Morgan fingerprint density at radius 3 is 2.82 bits per heavy atom. The molecule has 0 saturated carbocycles. The van der Waals surface area contributed by atoms with Crippen LogP contribution in [0, 0.1) is 5.82 Å². The van der Waals surface area contributed by atoms with Crippen LogP contribution in [0.3, 0.4) is 0 Å². The van der Waals surface area contributed by atoms with Crippen molar-refractivity contribution in [2.75, 3.05) is 11.3 Å². The first kappa shape index (κ1) is 16.5. The predicted molar refractivity (Wildman–Crippen MR) is 81.3 cm³/mol. The summed E-state index contributed by atoms with van der Waals surface area (Å²) in [5, 5.41) is -1.03. The average Bonchev–Trinajstić information content (AvgIpc) is 2.50. The SMILES string of the molecule is CCOC(=O)C1=CCCCC1S(=O)(=O)Nc1ccccc1F. The van der Waals surface area contributed by atoms with E-state index in [0.717, 1.165) is 0 Å². The summed E-state index contributed by atoms with van der Waals surface area (Å²) in [4.78, 5) is 11.9. The first-order chi connectivity index (χ1) is 10.5. The molecule has 0 spiro atoms. The molecular weight excluding hydrogens is 309 g/mol. The number of hydrogen-bond acceptors (Lipinski definition) is 4. The van der Waals surface area contributed by atoms with Crippen LogP contribution >= 0.6 is 0 Å². The van der Waals surface area contributed by atoms with Crippen LogP contribution in [0.1, 0.15) is 26.2 Å². The predicted octanol–water partition coefficient (Wildman–Crippen LogP) is 2.61. The van der Waals surface area contributed by atoms with Gasteiger partial charge in [0.05, 0.1) is 17.9 Å². The minimum Gasteiger partial charge on any atom is -0.463 e. The van der Waals surface area contributed by atoms with E-state index >= 15 is 0 Å². The van der Waals surface area contributed by atoms with Gasteiger partial charge >= 0.3 is 5.97 Å². The smallest absolute Gasteiger partial charge is 0.335 e. The maximum absolute atomic E-state index is 13.6. The van der Waals surface area contributed by atoms with Crippen LogP contribution in [-0.4, -0.2) is 26.2 Å². The number of esters is 1. The number of carbonyl (C=O) groups is 1. The lowest BCUT2D eigenvalue weighted by molar-refractivity contribution is -0.138. The number of para-hydroxylation sites is 1. The molecule has 1 N–H and O–H groups in total. The first-order valence-electron chi connectivity index (χ1n) is 7.09. The quantitative estimate of drug-likeness (QED) is 0.844. The van der Waals surface area contributed by atoms with E-state index in [4.69, 9.17) is 4.74 Å². The van der Waals surface area contributed by atoms with Gasteiger partial charge in [-0.1, -0.05) is 18.2 Å². The van der Waals surface area contributed by atoms with Gasteiger partial charge in [0.25, 0.3) is 0 Å². The van der Waals surface area contributed by atoms with Crippen LogP contribution in [0.5, 0.6) is 0 Å². The third-order valence-electron chi connectivity index (χ3n) is 3.39. The summed E-state index contributed by atoms with van der Waals surface area (Å²) in [6, 6.07) is 5.51. The normalized spacial score (nSPS) is 18.5. The zero-order valence-electron chi connectivity index (χ0n) is 12.2. The first-order valence-corrected chi connectivity index (χ1v) is 8.63. The van der Waals surface area contributed by atoms with E-state index in [9.17, 15) is 17.6 Å². The fourth-order valence-corrected chi connectivity index (χ4v) is 3.99. The Labute approximate surface area is 129 Å². The van der Waals surface area contributed by atoms with Gasteiger partial charge in [0, 0.05) is 0 Å². The summed E-state index contributed by atoms with van der Waals surface area (Å²) in [6.07, 6.45) is 3.16. The molecule has 0 saturated heterocycles. The van der Waals surface area contributed by atoms with Crippen molar-refractivity contribution in [3.63, 3.8) is 0 Å². The van der Waals surface area contributed by atoms with Crippen molar-refractivity contribution < 1.29 is 22.3 Å². The molecular formula is C15H18FNO4S. The summed E-state index contributed by atoms with van der Waals surface area (Å²) >= 11 is 0. The number of nitrogens with one attached hydrogen (secondary N) is 1. The monoisotopic (exact) mass is 327 g/mol. The van der Waals surface area contributed by atoms with Gasteiger partial charge < -0.3 is 4.74 Å². The summed E-state index contributed by atoms with van der Waals surface area (Å²) in [7, 11) is -3.93. The zero-order chi connectivity index (χ0) is 16.2. The summed E-state index contributed by atoms with van der Waals surface area (Å²) in [6.45, 7) is 1.83. The van der Waals surface area contributed by atoms with Gasteiger partial charge in [-0.15, -0.1) is 0 Å². The summed E-state index contributed by atoms with van der Waals surface area (Å²) in [5.41, 5.74) is -0.00628. The number of anilines is 1. The van der Waals surface area contributed by atoms with Gasteiger partial charge in [0.15, 0.2) is 0 Å². The number of carbonyl (C=O) groups excluding carboxylic acids is 1. The highest BCUT2D eigenvalue weighted by Gasteiger charge is 2.35. The van der Waals surface area contributed by atoms with E-state index in [-0.39, 0.29) is 17.9 Å². The van der Waals surface area contributed by atoms with Crippen molar-refractivity contribution >= 4 is 21.7 Å². The van der Waals surface area contributed by atoms with Crippen LogP contribution in [-0.2, 0) is 19.6 Å². The molecule has 1 aromatic carbocycles. The highest BCUT2D eigenvalue weighted by atomic mass is 32.2. The number of hydrogen-bond donors (Lipinski definition) is 1. The van der Waals surface area contributed by atoms with E-state index in [1.165, 1.54) is 24.3 Å². The minimum absolute atomic E-state index is 0.122. The summed E-state index contributed by atoms with van der Waals surface area (Å²) in [5.74, 6) is -1.30. The largest absolute Gasteiger partial charge is 0.463 e. The molecule has 1 unspecified atom stereocenters. The maximum Gasteiger partial charge on any atom is 0.335 e. The van der Waals surface area contributed by atoms with Gasteiger partial charge in [0.1, 0.15) is 11.1 Å². The fourth-order valence-electron chi connectivity index (χ4n) is 2.37. The Balaban J connectivity index is 2.27. The Hall–Kier alpha value is -1.89. The van der Waals surface area contributed by atoms with Crippen LogP contribution in [0.25, 0.3) is 0 Å². The molecule has 0 fully saturated rings. The maximum atomic E-state index is 13.6. The van der Waals surface area contributed by atoms with E-state index in [2.05, 4.69) is 4.72 Å². The molecule has 1 aliphatic rings. The zero-order valence-corrected chi connectivity index (χ0v) is 13.0. The van der Waals surface area contributed by atoms with Crippen molar-refractivity contribution in [2.24, 2.45) is 0 Å². The Morgan fingerprint density at radius 2 is 2.14 bits per heavy atom. The van der Waals surface area contributed by atoms with Gasteiger partial charge in [-0.3, -0.25) is 4.72 Å². The lowest BCUT2D eigenvalue weighted by Gasteiger charge is -2.23. The van der Waals surface area contributed by atoms with Gasteiger partial charge in [-0.05, 0) is 38.3 Å². The van der Waals surface area contributed by atoms with Crippen molar-refractivity contribution in [1.82, 2.24) is 0 Å². The molecule has 2 rings (SSSR count). The molecule has 0 aromatic heterocycles. The lowest BCUT2D eigenvalue weighted by atomic mass is 9.99. The Morgan fingerprint density at radius 1 is 1.41 bits per heavy atom. The molecule has 1 atom stereocenters. The summed E-state index contributed by atoms with van der Waals surface area (Å²) < 4.78 is 45.8. The van der Waals surface area contributed by atoms with E-state index in [1.807, 2.05) is 0 Å². The molecule has 0 bridgehead atoms. The molecule has 7 heteroatoms. The molecule has 120 valence electrons. The number of rotatable bonds is 5. The second-order valence-corrected chi connectivity index (χ2v) is 6.79. The molecule has 0 aliphatic heterocycles. The second kappa shape index (κ2) is 6.91.